The average molecular weight is 240 g/mol. The Balaban J connectivity index is 2.44. The first-order valence-electron chi connectivity index (χ1n) is 7.00. The van der Waals surface area contributed by atoms with Crippen LogP contribution in [0.25, 0.3) is 0 Å². The van der Waals surface area contributed by atoms with Gasteiger partial charge in [0.2, 0.25) is 0 Å². The maximum Gasteiger partial charge on any atom is 0.0855 e. The Kier molecular flexibility index (Phi) is 7.49. The second-order valence-electron chi connectivity index (χ2n) is 4.73. The molecular formula is C14H28N2O. The lowest BCUT2D eigenvalue weighted by atomic mass is 10.0. The highest BCUT2D eigenvalue weighted by Crippen LogP contribution is 2.13. The summed E-state index contributed by atoms with van der Waals surface area (Å²) in [7, 11) is 0. The highest BCUT2D eigenvalue weighted by atomic mass is 16.5. The molecule has 3 heteroatoms. The third-order valence-corrected chi connectivity index (χ3v) is 3.41. The molecule has 100 valence electrons. The second kappa shape index (κ2) is 8.67. The highest BCUT2D eigenvalue weighted by molar-refractivity contribution is 4.84. The van der Waals surface area contributed by atoms with E-state index in [-0.39, 0.29) is 0 Å². The minimum Gasteiger partial charge on any atom is -0.374 e. The van der Waals surface area contributed by atoms with Crippen LogP contribution in [0.2, 0.25) is 0 Å². The Hall–Kier alpha value is -0.380. The van der Waals surface area contributed by atoms with E-state index in [0.29, 0.717) is 12.1 Å². The summed E-state index contributed by atoms with van der Waals surface area (Å²) in [5, 5.41) is 3.62. The van der Waals surface area contributed by atoms with Gasteiger partial charge in [0.15, 0.2) is 0 Å². The van der Waals surface area contributed by atoms with E-state index in [0.717, 1.165) is 45.6 Å². The summed E-state index contributed by atoms with van der Waals surface area (Å²) in [4.78, 5) is 2.47. The van der Waals surface area contributed by atoms with Crippen molar-refractivity contribution in [2.45, 2.75) is 45.3 Å². The number of hydrogen-bond acceptors (Lipinski definition) is 3. The minimum absolute atomic E-state index is 0.343. The number of nitrogens with one attached hydrogen (secondary N) is 1. The first-order chi connectivity index (χ1) is 8.31. The molecule has 0 spiro atoms. The number of rotatable bonds is 8. The fraction of sp³-hybridized carbons (Fsp3) is 0.857. The van der Waals surface area contributed by atoms with E-state index >= 15 is 0 Å². The molecule has 2 atom stereocenters. The molecule has 2 unspecified atom stereocenters. The number of ether oxygens (including phenoxy) is 1. The van der Waals surface area contributed by atoms with Crippen molar-refractivity contribution in [3.8, 4) is 0 Å². The van der Waals surface area contributed by atoms with E-state index < -0.39 is 0 Å². The van der Waals surface area contributed by atoms with E-state index in [1.165, 1.54) is 6.42 Å². The Morgan fingerprint density at radius 2 is 2.35 bits per heavy atom. The van der Waals surface area contributed by atoms with E-state index in [1.54, 1.807) is 0 Å². The minimum atomic E-state index is 0.343. The van der Waals surface area contributed by atoms with Crippen LogP contribution in [0.3, 0.4) is 0 Å². The predicted octanol–water partition coefficient (Wildman–Crippen LogP) is 2.04. The van der Waals surface area contributed by atoms with Crippen molar-refractivity contribution in [3.05, 3.63) is 12.7 Å². The van der Waals surface area contributed by atoms with E-state index in [1.807, 2.05) is 6.08 Å². The van der Waals surface area contributed by atoms with E-state index in [2.05, 4.69) is 30.6 Å². The van der Waals surface area contributed by atoms with Crippen LogP contribution in [0.1, 0.15) is 33.1 Å². The lowest BCUT2D eigenvalue weighted by Crippen LogP contribution is -2.52. The van der Waals surface area contributed by atoms with E-state index in [4.69, 9.17) is 4.74 Å². The van der Waals surface area contributed by atoms with Crippen molar-refractivity contribution in [1.29, 1.82) is 0 Å². The third kappa shape index (κ3) is 5.19. The van der Waals surface area contributed by atoms with Crippen LogP contribution < -0.4 is 5.32 Å². The zero-order valence-corrected chi connectivity index (χ0v) is 11.5. The summed E-state index contributed by atoms with van der Waals surface area (Å²) in [6, 6.07) is 0.474. The maximum absolute atomic E-state index is 5.93. The van der Waals surface area contributed by atoms with Crippen molar-refractivity contribution in [2.75, 3.05) is 32.8 Å². The van der Waals surface area contributed by atoms with Gasteiger partial charge in [-0.2, -0.15) is 0 Å². The summed E-state index contributed by atoms with van der Waals surface area (Å²) in [6.45, 7) is 13.5. The van der Waals surface area contributed by atoms with Gasteiger partial charge in [-0.15, -0.1) is 6.58 Å². The molecule has 0 aliphatic carbocycles. The van der Waals surface area contributed by atoms with Crippen LogP contribution in [-0.2, 0) is 4.74 Å². The summed E-state index contributed by atoms with van der Waals surface area (Å²) in [6.07, 6.45) is 5.71. The molecule has 0 bridgehead atoms. The van der Waals surface area contributed by atoms with Gasteiger partial charge in [-0.05, 0) is 32.4 Å². The number of allylic oxidation sites excluding steroid dienone is 1. The fourth-order valence-electron chi connectivity index (χ4n) is 2.31. The molecule has 1 aliphatic rings. The second-order valence-corrected chi connectivity index (χ2v) is 4.73. The number of likely N-dealkylation sites (N-methyl/N-ethyl adjacent to an activating group) is 1. The molecule has 1 aliphatic heterocycles. The van der Waals surface area contributed by atoms with Gasteiger partial charge in [0.1, 0.15) is 0 Å². The van der Waals surface area contributed by atoms with Gasteiger partial charge >= 0.3 is 0 Å². The van der Waals surface area contributed by atoms with Crippen molar-refractivity contribution < 1.29 is 4.74 Å². The van der Waals surface area contributed by atoms with Crippen molar-refractivity contribution in [3.63, 3.8) is 0 Å². The van der Waals surface area contributed by atoms with Crippen molar-refractivity contribution >= 4 is 0 Å². The van der Waals surface area contributed by atoms with Crippen LogP contribution in [0.15, 0.2) is 12.7 Å². The van der Waals surface area contributed by atoms with Gasteiger partial charge in [0, 0.05) is 19.1 Å². The molecular weight excluding hydrogens is 212 g/mol. The van der Waals surface area contributed by atoms with Gasteiger partial charge in [-0.25, -0.2) is 0 Å². The quantitative estimate of drug-likeness (QED) is 0.657. The Morgan fingerprint density at radius 1 is 1.53 bits per heavy atom. The summed E-state index contributed by atoms with van der Waals surface area (Å²) in [5.74, 6) is 0. The molecule has 0 radical (unpaired) electrons. The van der Waals surface area contributed by atoms with Crippen LogP contribution in [0.4, 0.5) is 0 Å². The van der Waals surface area contributed by atoms with Gasteiger partial charge in [0.05, 0.1) is 12.7 Å². The fourth-order valence-corrected chi connectivity index (χ4v) is 2.31. The molecule has 1 heterocycles. The topological polar surface area (TPSA) is 24.5 Å². The monoisotopic (exact) mass is 240 g/mol. The summed E-state index contributed by atoms with van der Waals surface area (Å²) >= 11 is 0. The molecule has 1 N–H and O–H groups in total. The smallest absolute Gasteiger partial charge is 0.0855 e. The highest BCUT2D eigenvalue weighted by Gasteiger charge is 2.26. The number of hydrogen-bond donors (Lipinski definition) is 1. The molecule has 1 rings (SSSR count). The third-order valence-electron chi connectivity index (χ3n) is 3.41. The Bertz CT molecular complexity index is 208. The number of morpholine rings is 1. The molecule has 0 aromatic carbocycles. The first-order valence-corrected chi connectivity index (χ1v) is 7.00. The van der Waals surface area contributed by atoms with Crippen LogP contribution in [-0.4, -0.2) is 49.8 Å². The zero-order chi connectivity index (χ0) is 12.5. The van der Waals surface area contributed by atoms with Gasteiger partial charge in [0.25, 0.3) is 0 Å². The van der Waals surface area contributed by atoms with Crippen LogP contribution in [0.5, 0.6) is 0 Å². The van der Waals surface area contributed by atoms with Gasteiger partial charge in [-0.3, -0.25) is 4.90 Å². The van der Waals surface area contributed by atoms with Crippen molar-refractivity contribution in [2.24, 2.45) is 0 Å². The molecule has 1 saturated heterocycles. The molecule has 0 aromatic rings. The summed E-state index contributed by atoms with van der Waals surface area (Å²) < 4.78 is 5.93. The molecule has 0 saturated carbocycles. The SMILES string of the molecule is C=CCCC(NCCC)C1CN(CC)CCO1. The average Bonchev–Trinajstić information content (AvgIpc) is 2.39. The molecule has 1 fully saturated rings. The van der Waals surface area contributed by atoms with Gasteiger partial charge in [-0.1, -0.05) is 19.9 Å². The van der Waals surface area contributed by atoms with E-state index in [9.17, 15) is 0 Å². The van der Waals surface area contributed by atoms with Crippen molar-refractivity contribution in [1.82, 2.24) is 10.2 Å². The lowest BCUT2D eigenvalue weighted by Gasteiger charge is -2.37. The summed E-state index contributed by atoms with van der Waals surface area (Å²) in [5.41, 5.74) is 0. The molecule has 17 heavy (non-hydrogen) atoms. The predicted molar refractivity (Wildman–Crippen MR) is 73.4 cm³/mol. The Morgan fingerprint density at radius 3 is 3.00 bits per heavy atom. The largest absolute Gasteiger partial charge is 0.374 e. The van der Waals surface area contributed by atoms with Crippen LogP contribution >= 0.6 is 0 Å². The maximum atomic E-state index is 5.93. The molecule has 0 amide bonds. The number of nitrogens with zero attached hydrogens (tertiary/aromatic N) is 1. The zero-order valence-electron chi connectivity index (χ0n) is 11.5. The molecule has 0 aromatic heterocycles. The lowest BCUT2D eigenvalue weighted by molar-refractivity contribution is -0.0459. The van der Waals surface area contributed by atoms with Gasteiger partial charge < -0.3 is 10.1 Å². The molecule has 3 nitrogen and oxygen atoms in total. The normalized spacial score (nSPS) is 23.5. The first kappa shape index (κ1) is 14.7. The standard InChI is InChI=1S/C14H28N2O/c1-4-7-8-13(15-9-5-2)14-12-16(6-3)10-11-17-14/h4,13-15H,1,5-12H2,2-3H3. The van der Waals surface area contributed by atoms with Crippen LogP contribution in [0, 0.1) is 0 Å². The Labute approximate surface area is 106 Å².